The van der Waals surface area contributed by atoms with Gasteiger partial charge in [-0.1, -0.05) is 13.8 Å². The first kappa shape index (κ1) is 10.9. The van der Waals surface area contributed by atoms with Crippen LogP contribution in [-0.2, 0) is 14.6 Å². The van der Waals surface area contributed by atoms with Gasteiger partial charge in [-0.25, -0.2) is 4.18 Å². The summed E-state index contributed by atoms with van der Waals surface area (Å²) in [6.07, 6.45) is 0.157. The third kappa shape index (κ3) is 7.77. The molecule has 0 aromatic rings. The van der Waals surface area contributed by atoms with Crippen LogP contribution in [0.2, 0.25) is 0 Å². The average molecular weight is 182 g/mol. The monoisotopic (exact) mass is 182 g/mol. The molecule has 0 heterocycles. The van der Waals surface area contributed by atoms with Crippen LogP contribution in [-0.4, -0.2) is 19.1 Å². The normalized spacial score (nSPS) is 15.4. The van der Waals surface area contributed by atoms with Crippen molar-refractivity contribution in [3.05, 3.63) is 0 Å². The predicted molar refractivity (Wildman–Crippen MR) is 41.6 cm³/mol. The first-order valence-electron chi connectivity index (χ1n) is 3.47. The fourth-order valence-electron chi connectivity index (χ4n) is 0.911. The molecule has 0 aliphatic rings. The molecule has 0 aromatic carbocycles. The Labute approximate surface area is 67.5 Å². The minimum absolute atomic E-state index is 0.353. The molecular formula is C6H14O4S. The minimum atomic E-state index is -4.27. The summed E-state index contributed by atoms with van der Waals surface area (Å²) < 4.78 is 32.8. The quantitative estimate of drug-likeness (QED) is 0.664. The number of hydrogen-bond acceptors (Lipinski definition) is 3. The number of hydrogen-bond donors (Lipinski definition) is 1. The molecular weight excluding hydrogens is 168 g/mol. The molecule has 0 aromatic heterocycles. The summed E-state index contributed by atoms with van der Waals surface area (Å²) in [7, 11) is -4.27. The SMILES string of the molecule is CC(C)CC(C)OS(=O)(=O)O. The molecule has 0 aliphatic heterocycles. The predicted octanol–water partition coefficient (Wildman–Crippen LogP) is 1.24. The highest BCUT2D eigenvalue weighted by Gasteiger charge is 2.12. The van der Waals surface area contributed by atoms with Gasteiger partial charge in [-0.3, -0.25) is 4.55 Å². The van der Waals surface area contributed by atoms with Crippen LogP contribution in [0.25, 0.3) is 0 Å². The van der Waals surface area contributed by atoms with Gasteiger partial charge in [-0.15, -0.1) is 0 Å². The van der Waals surface area contributed by atoms with Crippen molar-refractivity contribution < 1.29 is 17.2 Å². The molecule has 0 bridgehead atoms. The zero-order valence-corrected chi connectivity index (χ0v) is 7.76. The van der Waals surface area contributed by atoms with Crippen LogP contribution in [0.15, 0.2) is 0 Å². The van der Waals surface area contributed by atoms with E-state index in [4.69, 9.17) is 4.55 Å². The second-order valence-electron chi connectivity index (χ2n) is 2.96. The Morgan fingerprint density at radius 2 is 1.82 bits per heavy atom. The molecule has 0 saturated heterocycles. The molecule has 5 heteroatoms. The Balaban J connectivity index is 3.80. The lowest BCUT2D eigenvalue weighted by atomic mass is 10.1. The van der Waals surface area contributed by atoms with Gasteiger partial charge >= 0.3 is 10.4 Å². The summed E-state index contributed by atoms with van der Waals surface area (Å²) in [4.78, 5) is 0. The van der Waals surface area contributed by atoms with Gasteiger partial charge in [-0.05, 0) is 19.3 Å². The summed E-state index contributed by atoms with van der Waals surface area (Å²) in [5, 5.41) is 0. The van der Waals surface area contributed by atoms with Crippen LogP contribution < -0.4 is 0 Å². The van der Waals surface area contributed by atoms with Crippen molar-refractivity contribution in [2.45, 2.75) is 33.3 Å². The van der Waals surface area contributed by atoms with Gasteiger partial charge in [0, 0.05) is 0 Å². The Bertz CT molecular complexity index is 195. The fraction of sp³-hybridized carbons (Fsp3) is 1.00. The van der Waals surface area contributed by atoms with E-state index in [2.05, 4.69) is 4.18 Å². The Morgan fingerprint density at radius 1 is 1.36 bits per heavy atom. The topological polar surface area (TPSA) is 63.6 Å². The van der Waals surface area contributed by atoms with E-state index < -0.39 is 16.5 Å². The summed E-state index contributed by atoms with van der Waals surface area (Å²) in [6, 6.07) is 0. The van der Waals surface area contributed by atoms with Crippen LogP contribution in [0.4, 0.5) is 0 Å². The van der Waals surface area contributed by atoms with Crippen LogP contribution in [0, 0.1) is 5.92 Å². The highest BCUT2D eigenvalue weighted by Crippen LogP contribution is 2.08. The van der Waals surface area contributed by atoms with E-state index in [0.717, 1.165) is 0 Å². The van der Waals surface area contributed by atoms with Crippen LogP contribution in [0.1, 0.15) is 27.2 Å². The molecule has 1 N–H and O–H groups in total. The van der Waals surface area contributed by atoms with E-state index in [9.17, 15) is 8.42 Å². The summed E-state index contributed by atoms with van der Waals surface area (Å²) >= 11 is 0. The zero-order valence-electron chi connectivity index (χ0n) is 6.94. The summed E-state index contributed by atoms with van der Waals surface area (Å²) in [5.41, 5.74) is 0. The lowest BCUT2D eigenvalue weighted by Gasteiger charge is -2.11. The van der Waals surface area contributed by atoms with Crippen LogP contribution >= 0.6 is 0 Å². The fourth-order valence-corrected chi connectivity index (χ4v) is 1.40. The third-order valence-corrected chi connectivity index (χ3v) is 1.66. The second-order valence-corrected chi connectivity index (χ2v) is 4.01. The van der Waals surface area contributed by atoms with E-state index in [0.29, 0.717) is 12.3 Å². The Kier molecular flexibility index (Phi) is 3.99. The highest BCUT2D eigenvalue weighted by atomic mass is 32.3. The lowest BCUT2D eigenvalue weighted by Crippen LogP contribution is -2.16. The summed E-state index contributed by atoms with van der Waals surface area (Å²) in [5.74, 6) is 0.353. The van der Waals surface area contributed by atoms with Crippen LogP contribution in [0.5, 0.6) is 0 Å². The first-order chi connectivity index (χ1) is 4.81. The van der Waals surface area contributed by atoms with Gasteiger partial charge < -0.3 is 0 Å². The van der Waals surface area contributed by atoms with Crippen molar-refractivity contribution >= 4 is 10.4 Å². The smallest absolute Gasteiger partial charge is 0.264 e. The maximum Gasteiger partial charge on any atom is 0.397 e. The third-order valence-electron chi connectivity index (χ3n) is 1.09. The standard InChI is InChI=1S/C6H14O4S/c1-5(2)4-6(3)10-11(7,8)9/h5-6H,4H2,1-3H3,(H,7,8,9). The van der Waals surface area contributed by atoms with E-state index >= 15 is 0 Å². The van der Waals surface area contributed by atoms with Gasteiger partial charge in [-0.2, -0.15) is 8.42 Å². The van der Waals surface area contributed by atoms with Crippen molar-refractivity contribution in [2.75, 3.05) is 0 Å². The Morgan fingerprint density at radius 3 is 2.09 bits per heavy atom. The largest absolute Gasteiger partial charge is 0.397 e. The van der Waals surface area contributed by atoms with Crippen molar-refractivity contribution in [1.29, 1.82) is 0 Å². The molecule has 68 valence electrons. The maximum absolute atomic E-state index is 10.2. The average Bonchev–Trinajstić information content (AvgIpc) is 1.53. The summed E-state index contributed by atoms with van der Waals surface area (Å²) in [6.45, 7) is 5.50. The van der Waals surface area contributed by atoms with Crippen LogP contribution in [0.3, 0.4) is 0 Å². The molecule has 1 unspecified atom stereocenters. The van der Waals surface area contributed by atoms with Crippen molar-refractivity contribution in [3.8, 4) is 0 Å². The highest BCUT2D eigenvalue weighted by molar-refractivity contribution is 7.80. The number of rotatable bonds is 4. The Hall–Kier alpha value is -0.130. The molecule has 0 saturated carbocycles. The van der Waals surface area contributed by atoms with Crippen molar-refractivity contribution in [2.24, 2.45) is 5.92 Å². The van der Waals surface area contributed by atoms with E-state index in [1.165, 1.54) is 0 Å². The molecule has 11 heavy (non-hydrogen) atoms. The van der Waals surface area contributed by atoms with Gasteiger partial charge in [0.1, 0.15) is 0 Å². The zero-order chi connectivity index (χ0) is 9.07. The van der Waals surface area contributed by atoms with Crippen molar-refractivity contribution in [3.63, 3.8) is 0 Å². The molecule has 0 rings (SSSR count). The molecule has 1 atom stereocenters. The van der Waals surface area contributed by atoms with E-state index in [1.807, 2.05) is 13.8 Å². The molecule has 4 nitrogen and oxygen atoms in total. The molecule has 0 amide bonds. The molecule has 0 spiro atoms. The van der Waals surface area contributed by atoms with Gasteiger partial charge in [0.15, 0.2) is 0 Å². The van der Waals surface area contributed by atoms with Gasteiger partial charge in [0.25, 0.3) is 0 Å². The van der Waals surface area contributed by atoms with E-state index in [-0.39, 0.29) is 0 Å². The molecule has 0 aliphatic carbocycles. The first-order valence-corrected chi connectivity index (χ1v) is 4.83. The molecule has 0 fully saturated rings. The minimum Gasteiger partial charge on any atom is -0.264 e. The van der Waals surface area contributed by atoms with E-state index in [1.54, 1.807) is 6.92 Å². The second kappa shape index (κ2) is 4.04. The van der Waals surface area contributed by atoms with Gasteiger partial charge in [0.05, 0.1) is 6.10 Å². The van der Waals surface area contributed by atoms with Gasteiger partial charge in [0.2, 0.25) is 0 Å². The molecule has 0 radical (unpaired) electrons. The van der Waals surface area contributed by atoms with Crippen molar-refractivity contribution in [1.82, 2.24) is 0 Å². The maximum atomic E-state index is 10.2. The lowest BCUT2D eigenvalue weighted by molar-refractivity contribution is 0.175.